The topological polar surface area (TPSA) is 205 Å². The number of likely N-dealkylation sites (N-methyl/N-ethyl adjacent to an activating group) is 1. The lowest BCUT2D eigenvalue weighted by Crippen LogP contribution is -2.55. The number of rotatable bonds is 14. The number of benzene rings is 1. The third-order valence-corrected chi connectivity index (χ3v) is 4.90. The van der Waals surface area contributed by atoms with Gasteiger partial charge in [0.2, 0.25) is 17.7 Å². The molecule has 1 aromatic rings. The third-order valence-electron chi connectivity index (χ3n) is 4.90. The monoisotopic (exact) mass is 465 g/mol. The van der Waals surface area contributed by atoms with Gasteiger partial charge in [-0.3, -0.25) is 19.2 Å². The molecule has 8 N–H and O–H groups in total. The molecule has 182 valence electrons. The number of carboxylic acid groups (broad SMARTS) is 2. The first-order chi connectivity index (χ1) is 15.6. The smallest absolute Gasteiger partial charge is 0.326 e. The molecule has 33 heavy (non-hydrogen) atoms. The summed E-state index contributed by atoms with van der Waals surface area (Å²) in [4.78, 5) is 61.0. The number of carboxylic acids is 2. The van der Waals surface area contributed by atoms with Gasteiger partial charge in [-0.1, -0.05) is 30.3 Å². The zero-order valence-electron chi connectivity index (χ0n) is 18.4. The highest BCUT2D eigenvalue weighted by Crippen LogP contribution is 2.10. The second-order valence-corrected chi connectivity index (χ2v) is 7.46. The van der Waals surface area contributed by atoms with Crippen molar-refractivity contribution in [2.75, 3.05) is 20.1 Å². The standard InChI is InChI=1S/C21H31N5O7/c1-26(17(27)12-24-19(30)14(23)8-5-9-22)16(10-13-6-3-2-4-7-13)20(31)25-15(21(32)33)11-18(28)29/h2-4,6-7,14-16H,5,8-12,22-23H2,1H3,(H,24,30)(H,25,31)(H,28,29)(H,32,33)/t14-,15+,16+/m1/s1. The predicted octanol–water partition coefficient (Wildman–Crippen LogP) is -1.72. The van der Waals surface area contributed by atoms with Crippen molar-refractivity contribution in [2.24, 2.45) is 11.5 Å². The van der Waals surface area contributed by atoms with E-state index in [0.717, 1.165) is 4.90 Å². The molecular formula is C21H31N5O7. The average molecular weight is 466 g/mol. The Bertz CT molecular complexity index is 834. The first kappa shape index (κ1) is 27.5. The fourth-order valence-electron chi connectivity index (χ4n) is 2.95. The lowest BCUT2D eigenvalue weighted by atomic mass is 10.0. The molecule has 12 heteroatoms. The molecule has 0 aliphatic heterocycles. The summed E-state index contributed by atoms with van der Waals surface area (Å²) in [7, 11) is 1.34. The molecule has 3 amide bonds. The van der Waals surface area contributed by atoms with Gasteiger partial charge in [-0.05, 0) is 24.9 Å². The highest BCUT2D eigenvalue weighted by atomic mass is 16.4. The van der Waals surface area contributed by atoms with Gasteiger partial charge in [-0.25, -0.2) is 4.79 Å². The van der Waals surface area contributed by atoms with Crippen molar-refractivity contribution >= 4 is 29.7 Å². The summed E-state index contributed by atoms with van der Waals surface area (Å²) in [5.41, 5.74) is 11.8. The van der Waals surface area contributed by atoms with Crippen molar-refractivity contribution in [3.63, 3.8) is 0 Å². The van der Waals surface area contributed by atoms with Crippen LogP contribution in [0.3, 0.4) is 0 Å². The summed E-state index contributed by atoms with van der Waals surface area (Å²) in [6.07, 6.45) is 0.111. The molecule has 0 saturated carbocycles. The molecule has 0 aromatic heterocycles. The van der Waals surface area contributed by atoms with Crippen molar-refractivity contribution in [3.05, 3.63) is 35.9 Å². The Labute approximate surface area is 191 Å². The number of nitrogens with one attached hydrogen (secondary N) is 2. The molecule has 0 bridgehead atoms. The van der Waals surface area contributed by atoms with Gasteiger partial charge < -0.3 is 37.2 Å². The van der Waals surface area contributed by atoms with E-state index in [-0.39, 0.29) is 6.42 Å². The lowest BCUT2D eigenvalue weighted by molar-refractivity contribution is -0.148. The molecule has 1 aromatic carbocycles. The Morgan fingerprint density at radius 1 is 1.06 bits per heavy atom. The molecule has 0 aliphatic carbocycles. The number of carbonyl (C=O) groups excluding carboxylic acids is 3. The van der Waals surface area contributed by atoms with Gasteiger partial charge in [0.15, 0.2) is 0 Å². The zero-order chi connectivity index (χ0) is 25.0. The first-order valence-corrected chi connectivity index (χ1v) is 10.3. The van der Waals surface area contributed by atoms with Gasteiger partial charge in [-0.15, -0.1) is 0 Å². The van der Waals surface area contributed by atoms with Gasteiger partial charge in [0.05, 0.1) is 19.0 Å². The number of nitrogens with zero attached hydrogens (tertiary/aromatic N) is 1. The maximum absolute atomic E-state index is 12.9. The van der Waals surface area contributed by atoms with Crippen molar-refractivity contribution in [3.8, 4) is 0 Å². The summed E-state index contributed by atoms with van der Waals surface area (Å²) >= 11 is 0. The van der Waals surface area contributed by atoms with Gasteiger partial charge in [-0.2, -0.15) is 0 Å². The van der Waals surface area contributed by atoms with E-state index in [1.54, 1.807) is 30.3 Å². The third kappa shape index (κ3) is 9.66. The highest BCUT2D eigenvalue weighted by molar-refractivity contribution is 5.93. The fraction of sp³-hybridized carbons (Fsp3) is 0.476. The van der Waals surface area contributed by atoms with Crippen LogP contribution in [0.15, 0.2) is 30.3 Å². The second-order valence-electron chi connectivity index (χ2n) is 7.46. The van der Waals surface area contributed by atoms with E-state index < -0.39 is 60.8 Å². The van der Waals surface area contributed by atoms with Crippen LogP contribution in [0.2, 0.25) is 0 Å². The normalized spacial score (nSPS) is 13.3. The Morgan fingerprint density at radius 3 is 2.24 bits per heavy atom. The minimum atomic E-state index is -1.67. The maximum Gasteiger partial charge on any atom is 0.326 e. The quantitative estimate of drug-likeness (QED) is 0.185. The molecule has 12 nitrogen and oxygen atoms in total. The van der Waals surface area contributed by atoms with Crippen LogP contribution in [0.4, 0.5) is 0 Å². The van der Waals surface area contributed by atoms with Gasteiger partial charge in [0, 0.05) is 13.5 Å². The molecular weight excluding hydrogens is 434 g/mol. The Kier molecular flexibility index (Phi) is 11.5. The van der Waals surface area contributed by atoms with Crippen molar-refractivity contribution < 1.29 is 34.2 Å². The molecule has 3 atom stereocenters. The molecule has 0 saturated heterocycles. The maximum atomic E-state index is 12.9. The SMILES string of the molecule is CN(C(=O)CNC(=O)[C@H](N)CCCN)[C@@H](Cc1ccccc1)C(=O)N[C@@H](CC(=O)O)C(=O)O. The number of aliphatic carboxylic acids is 2. The van der Waals surface area contributed by atoms with Crippen LogP contribution in [0.5, 0.6) is 0 Å². The van der Waals surface area contributed by atoms with E-state index in [9.17, 15) is 29.1 Å². The van der Waals surface area contributed by atoms with Crippen LogP contribution in [0.25, 0.3) is 0 Å². The molecule has 0 aliphatic rings. The largest absolute Gasteiger partial charge is 0.481 e. The Morgan fingerprint density at radius 2 is 1.70 bits per heavy atom. The van der Waals surface area contributed by atoms with Crippen LogP contribution >= 0.6 is 0 Å². The van der Waals surface area contributed by atoms with Gasteiger partial charge >= 0.3 is 11.9 Å². The summed E-state index contributed by atoms with van der Waals surface area (Å²) in [6.45, 7) is -0.0557. The minimum absolute atomic E-state index is 0.0400. The Balaban J connectivity index is 2.94. The second kappa shape index (κ2) is 13.8. The van der Waals surface area contributed by atoms with E-state index in [1.807, 2.05) is 0 Å². The van der Waals surface area contributed by atoms with Gasteiger partial charge in [0.25, 0.3) is 0 Å². The average Bonchev–Trinajstić information content (AvgIpc) is 2.78. The van der Waals surface area contributed by atoms with E-state index in [1.165, 1.54) is 7.05 Å². The van der Waals surface area contributed by atoms with Crippen LogP contribution in [0, 0.1) is 0 Å². The molecule has 0 heterocycles. The molecule has 0 radical (unpaired) electrons. The van der Waals surface area contributed by atoms with E-state index in [2.05, 4.69) is 10.6 Å². The van der Waals surface area contributed by atoms with Crippen LogP contribution in [0.1, 0.15) is 24.8 Å². The number of carbonyl (C=O) groups is 5. The summed E-state index contributed by atoms with van der Waals surface area (Å²) < 4.78 is 0. The van der Waals surface area contributed by atoms with Crippen LogP contribution < -0.4 is 22.1 Å². The number of hydrogen-bond donors (Lipinski definition) is 6. The summed E-state index contributed by atoms with van der Waals surface area (Å²) in [6, 6.07) is 5.03. The minimum Gasteiger partial charge on any atom is -0.481 e. The van der Waals surface area contributed by atoms with Crippen molar-refractivity contribution in [1.82, 2.24) is 15.5 Å². The van der Waals surface area contributed by atoms with Gasteiger partial charge in [0.1, 0.15) is 12.1 Å². The van der Waals surface area contributed by atoms with E-state index >= 15 is 0 Å². The van der Waals surface area contributed by atoms with E-state index in [4.69, 9.17) is 16.6 Å². The van der Waals surface area contributed by atoms with Crippen LogP contribution in [-0.2, 0) is 30.4 Å². The molecule has 0 spiro atoms. The number of hydrogen-bond acceptors (Lipinski definition) is 7. The highest BCUT2D eigenvalue weighted by Gasteiger charge is 2.31. The summed E-state index contributed by atoms with van der Waals surface area (Å²) in [5, 5.41) is 22.7. The lowest BCUT2D eigenvalue weighted by Gasteiger charge is -2.29. The molecule has 0 unspecified atom stereocenters. The zero-order valence-corrected chi connectivity index (χ0v) is 18.4. The predicted molar refractivity (Wildman–Crippen MR) is 118 cm³/mol. The number of amides is 3. The van der Waals surface area contributed by atoms with Crippen LogP contribution in [-0.4, -0.2) is 83.0 Å². The van der Waals surface area contributed by atoms with E-state index in [0.29, 0.717) is 24.9 Å². The molecule has 1 rings (SSSR count). The first-order valence-electron chi connectivity index (χ1n) is 10.3. The molecule has 0 fully saturated rings. The summed E-state index contributed by atoms with van der Waals surface area (Å²) in [5.74, 6) is -4.91. The Hall–Kier alpha value is -3.51. The van der Waals surface area contributed by atoms with Crippen molar-refractivity contribution in [2.45, 2.75) is 43.8 Å². The fourth-order valence-corrected chi connectivity index (χ4v) is 2.95. The van der Waals surface area contributed by atoms with Crippen molar-refractivity contribution in [1.29, 1.82) is 0 Å². The number of nitrogens with two attached hydrogens (primary N) is 2.